The predicted octanol–water partition coefficient (Wildman–Crippen LogP) is 3.19. The fourth-order valence-electron chi connectivity index (χ4n) is 2.10. The molecule has 108 valence electrons. The molecule has 0 amide bonds. The lowest BCUT2D eigenvalue weighted by Crippen LogP contribution is -2.08. The normalized spacial score (nSPS) is 10.8. The Morgan fingerprint density at radius 2 is 2.05 bits per heavy atom. The molecule has 2 N–H and O–H groups in total. The van der Waals surface area contributed by atoms with Crippen molar-refractivity contribution in [3.63, 3.8) is 0 Å². The Morgan fingerprint density at radius 3 is 2.70 bits per heavy atom. The number of nitrogens with zero attached hydrogens (tertiary/aromatic N) is 2. The zero-order chi connectivity index (χ0) is 14.5. The van der Waals surface area contributed by atoms with E-state index in [-0.39, 0.29) is 0 Å². The van der Waals surface area contributed by atoms with Crippen molar-refractivity contribution in [2.75, 3.05) is 6.61 Å². The third kappa shape index (κ3) is 3.41. The third-order valence-corrected chi connectivity index (χ3v) is 4.41. The average Bonchev–Trinajstić information content (AvgIpc) is 2.71. The number of nitrogens with two attached hydrogens (primary N) is 1. The van der Waals surface area contributed by atoms with Crippen LogP contribution in [0.1, 0.15) is 23.4 Å². The molecule has 0 fully saturated rings. The number of halogens is 1. The molecule has 1 heterocycles. The van der Waals surface area contributed by atoms with E-state index in [2.05, 4.69) is 28.0 Å². The number of hydrogen-bond acceptors (Lipinski definition) is 3. The van der Waals surface area contributed by atoms with Crippen molar-refractivity contribution in [1.29, 1.82) is 0 Å². The third-order valence-electron chi connectivity index (χ3n) is 3.26. The first-order chi connectivity index (χ1) is 9.63. The molecule has 0 saturated heterocycles. The van der Waals surface area contributed by atoms with Crippen molar-refractivity contribution in [1.82, 2.24) is 9.78 Å². The maximum absolute atomic E-state index is 5.79. The molecule has 5 heteroatoms. The SMILES string of the molecule is Cc1nn(CCCOc2ccccc2CN)c(C)c1Br. The van der Waals surface area contributed by atoms with Gasteiger partial charge >= 0.3 is 0 Å². The van der Waals surface area contributed by atoms with Crippen LogP contribution in [-0.2, 0) is 13.1 Å². The second-order valence-electron chi connectivity index (χ2n) is 4.72. The lowest BCUT2D eigenvalue weighted by Gasteiger charge is -2.10. The van der Waals surface area contributed by atoms with Gasteiger partial charge in [0.05, 0.1) is 16.8 Å². The Hall–Kier alpha value is -1.33. The molecule has 0 bridgehead atoms. The minimum atomic E-state index is 0.501. The van der Waals surface area contributed by atoms with Crippen LogP contribution in [0.3, 0.4) is 0 Å². The highest BCUT2D eigenvalue weighted by Gasteiger charge is 2.08. The molecule has 0 aliphatic heterocycles. The highest BCUT2D eigenvalue weighted by molar-refractivity contribution is 9.10. The Balaban J connectivity index is 1.86. The largest absolute Gasteiger partial charge is 0.493 e. The number of aromatic nitrogens is 2. The van der Waals surface area contributed by atoms with E-state index in [0.717, 1.165) is 40.1 Å². The Labute approximate surface area is 128 Å². The monoisotopic (exact) mass is 337 g/mol. The van der Waals surface area contributed by atoms with Crippen LogP contribution in [0.25, 0.3) is 0 Å². The molecule has 0 atom stereocenters. The molecule has 2 rings (SSSR count). The van der Waals surface area contributed by atoms with Crippen molar-refractivity contribution in [2.24, 2.45) is 5.73 Å². The van der Waals surface area contributed by atoms with Crippen molar-refractivity contribution in [3.8, 4) is 5.75 Å². The lowest BCUT2D eigenvalue weighted by molar-refractivity contribution is 0.295. The Kier molecular flexibility index (Phi) is 5.20. The summed E-state index contributed by atoms with van der Waals surface area (Å²) < 4.78 is 8.90. The van der Waals surface area contributed by atoms with Gasteiger partial charge in [0.1, 0.15) is 5.75 Å². The summed E-state index contributed by atoms with van der Waals surface area (Å²) in [6.07, 6.45) is 0.910. The number of hydrogen-bond donors (Lipinski definition) is 1. The zero-order valence-electron chi connectivity index (χ0n) is 11.9. The van der Waals surface area contributed by atoms with Gasteiger partial charge < -0.3 is 10.5 Å². The molecular weight excluding hydrogens is 318 g/mol. The van der Waals surface area contributed by atoms with Gasteiger partial charge in [-0.2, -0.15) is 5.10 Å². The minimum Gasteiger partial charge on any atom is -0.493 e. The van der Waals surface area contributed by atoms with E-state index in [4.69, 9.17) is 10.5 Å². The Bertz CT molecular complexity index is 580. The first-order valence-corrected chi connectivity index (χ1v) is 7.53. The highest BCUT2D eigenvalue weighted by Crippen LogP contribution is 2.20. The van der Waals surface area contributed by atoms with Gasteiger partial charge in [0.25, 0.3) is 0 Å². The van der Waals surface area contributed by atoms with Crippen molar-refractivity contribution in [2.45, 2.75) is 33.4 Å². The van der Waals surface area contributed by atoms with Crippen LogP contribution in [0.5, 0.6) is 5.75 Å². The standard InChI is InChI=1S/C15H20BrN3O/c1-11-15(16)12(2)19(18-11)8-5-9-20-14-7-4-3-6-13(14)10-17/h3-4,6-7H,5,8-10,17H2,1-2H3. The van der Waals surface area contributed by atoms with E-state index >= 15 is 0 Å². The quantitative estimate of drug-likeness (QED) is 0.823. The maximum Gasteiger partial charge on any atom is 0.123 e. The van der Waals surface area contributed by atoms with Crippen molar-refractivity contribution >= 4 is 15.9 Å². The summed E-state index contributed by atoms with van der Waals surface area (Å²) >= 11 is 3.54. The molecule has 2 aromatic rings. The average molecular weight is 338 g/mol. The topological polar surface area (TPSA) is 53.1 Å². The van der Waals surface area contributed by atoms with Gasteiger partial charge in [0.2, 0.25) is 0 Å². The summed E-state index contributed by atoms with van der Waals surface area (Å²) in [4.78, 5) is 0. The summed E-state index contributed by atoms with van der Waals surface area (Å²) in [5.41, 5.74) is 8.91. The molecule has 4 nitrogen and oxygen atoms in total. The van der Waals surface area contributed by atoms with Gasteiger partial charge in [-0.05, 0) is 35.8 Å². The van der Waals surface area contributed by atoms with Gasteiger partial charge in [0.15, 0.2) is 0 Å². The summed E-state index contributed by atoms with van der Waals surface area (Å²) in [6.45, 7) is 6.08. The molecule has 0 aliphatic rings. The zero-order valence-corrected chi connectivity index (χ0v) is 13.5. The first-order valence-electron chi connectivity index (χ1n) is 6.73. The van der Waals surface area contributed by atoms with Crippen LogP contribution in [0.4, 0.5) is 0 Å². The second kappa shape index (κ2) is 6.90. The number of rotatable bonds is 6. The summed E-state index contributed by atoms with van der Waals surface area (Å²) in [5, 5.41) is 4.48. The van der Waals surface area contributed by atoms with E-state index in [1.54, 1.807) is 0 Å². The lowest BCUT2D eigenvalue weighted by atomic mass is 10.2. The van der Waals surface area contributed by atoms with E-state index in [0.29, 0.717) is 13.2 Å². The Morgan fingerprint density at radius 1 is 1.30 bits per heavy atom. The fraction of sp³-hybridized carbons (Fsp3) is 0.400. The van der Waals surface area contributed by atoms with Gasteiger partial charge in [-0.1, -0.05) is 18.2 Å². The van der Waals surface area contributed by atoms with Gasteiger partial charge in [0, 0.05) is 30.8 Å². The van der Waals surface area contributed by atoms with Crippen LogP contribution in [0, 0.1) is 13.8 Å². The molecule has 1 aromatic carbocycles. The summed E-state index contributed by atoms with van der Waals surface area (Å²) in [6, 6.07) is 7.89. The first kappa shape index (κ1) is 15.1. The second-order valence-corrected chi connectivity index (χ2v) is 5.51. The molecule has 0 radical (unpaired) electrons. The van der Waals surface area contributed by atoms with Crippen molar-refractivity contribution < 1.29 is 4.74 Å². The molecule has 0 aliphatic carbocycles. The number of aryl methyl sites for hydroxylation is 2. The van der Waals surface area contributed by atoms with Crippen LogP contribution in [-0.4, -0.2) is 16.4 Å². The van der Waals surface area contributed by atoms with E-state index in [1.165, 1.54) is 0 Å². The van der Waals surface area contributed by atoms with Crippen LogP contribution >= 0.6 is 15.9 Å². The van der Waals surface area contributed by atoms with E-state index in [1.807, 2.05) is 35.9 Å². The molecule has 20 heavy (non-hydrogen) atoms. The molecule has 0 unspecified atom stereocenters. The number of ether oxygens (including phenoxy) is 1. The van der Waals surface area contributed by atoms with Gasteiger partial charge in [-0.3, -0.25) is 4.68 Å². The van der Waals surface area contributed by atoms with E-state index < -0.39 is 0 Å². The van der Waals surface area contributed by atoms with Gasteiger partial charge in [-0.15, -0.1) is 0 Å². The summed E-state index contributed by atoms with van der Waals surface area (Å²) in [5.74, 6) is 0.879. The number of para-hydroxylation sites is 1. The molecule has 0 spiro atoms. The smallest absolute Gasteiger partial charge is 0.123 e. The van der Waals surface area contributed by atoms with Crippen LogP contribution < -0.4 is 10.5 Å². The van der Waals surface area contributed by atoms with Crippen LogP contribution in [0.15, 0.2) is 28.7 Å². The molecule has 0 saturated carbocycles. The van der Waals surface area contributed by atoms with E-state index in [9.17, 15) is 0 Å². The molecular formula is C15H20BrN3O. The summed E-state index contributed by atoms with van der Waals surface area (Å²) in [7, 11) is 0. The highest BCUT2D eigenvalue weighted by atomic mass is 79.9. The van der Waals surface area contributed by atoms with Crippen molar-refractivity contribution in [3.05, 3.63) is 45.7 Å². The molecule has 1 aromatic heterocycles. The maximum atomic E-state index is 5.79. The van der Waals surface area contributed by atoms with Gasteiger partial charge in [-0.25, -0.2) is 0 Å². The predicted molar refractivity (Wildman–Crippen MR) is 83.8 cm³/mol. The number of benzene rings is 1. The fourth-order valence-corrected chi connectivity index (χ4v) is 2.39. The van der Waals surface area contributed by atoms with Crippen LogP contribution in [0.2, 0.25) is 0 Å². The minimum absolute atomic E-state index is 0.501.